The third kappa shape index (κ3) is 1.50. The van der Waals surface area contributed by atoms with Gasteiger partial charge in [-0.3, -0.25) is 0 Å². The van der Waals surface area contributed by atoms with Gasteiger partial charge in [-0.25, -0.2) is 0 Å². The molecule has 0 unspecified atom stereocenters. The first kappa shape index (κ1) is 5.70. The molecule has 46 valence electrons. The minimum atomic E-state index is 0.611. The molecule has 1 aromatic heterocycles. The average molecular weight is 121 g/mol. The van der Waals surface area contributed by atoms with Crippen LogP contribution in [0, 0.1) is 11.5 Å². The van der Waals surface area contributed by atoms with E-state index >= 15 is 0 Å². The molecule has 3 nitrogen and oxygen atoms in total. The number of nitrogens with one attached hydrogen (secondary N) is 2. The van der Waals surface area contributed by atoms with E-state index < -0.39 is 0 Å². The maximum Gasteiger partial charge on any atom is 0.176 e. The molecular weight excluding hydrogens is 114 g/mol. The van der Waals surface area contributed by atoms with Crippen molar-refractivity contribution in [3.05, 3.63) is 24.0 Å². The molecule has 0 aromatic carbocycles. The van der Waals surface area contributed by atoms with Crippen molar-refractivity contribution in [2.45, 2.75) is 6.54 Å². The molecule has 0 aliphatic rings. The fourth-order valence-electron chi connectivity index (χ4n) is 0.610. The number of rotatable bonds is 2. The molecule has 1 heterocycles. The maximum atomic E-state index is 8.09. The number of hydrogen-bond donors (Lipinski definition) is 2. The summed E-state index contributed by atoms with van der Waals surface area (Å²) in [5.74, 6) is 0. The summed E-state index contributed by atoms with van der Waals surface area (Å²) >= 11 is 0. The van der Waals surface area contributed by atoms with E-state index in [2.05, 4.69) is 10.3 Å². The number of aromatic amines is 1. The number of H-pyrrole nitrogens is 1. The largest absolute Gasteiger partial charge is 0.367 e. The Morgan fingerprint density at radius 3 is 3.22 bits per heavy atom. The van der Waals surface area contributed by atoms with Gasteiger partial charge in [-0.15, -0.1) is 0 Å². The Hall–Kier alpha value is -1.43. The molecule has 3 heteroatoms. The van der Waals surface area contributed by atoms with Crippen molar-refractivity contribution in [3.63, 3.8) is 0 Å². The van der Waals surface area contributed by atoms with E-state index in [0.717, 1.165) is 5.56 Å². The second-order valence-corrected chi connectivity index (χ2v) is 1.68. The first-order valence-electron chi connectivity index (χ1n) is 2.67. The highest BCUT2D eigenvalue weighted by Crippen LogP contribution is 1.93. The number of hydrogen-bond acceptors (Lipinski definition) is 2. The third-order valence-corrected chi connectivity index (χ3v) is 1.03. The predicted molar refractivity (Wildman–Crippen MR) is 33.2 cm³/mol. The van der Waals surface area contributed by atoms with Gasteiger partial charge in [0.05, 0.1) is 6.54 Å². The Bertz CT molecular complexity index is 195. The average Bonchev–Trinajstić information content (AvgIpc) is 2.34. The van der Waals surface area contributed by atoms with Crippen LogP contribution in [0.5, 0.6) is 0 Å². The Morgan fingerprint density at radius 1 is 1.78 bits per heavy atom. The van der Waals surface area contributed by atoms with E-state index in [9.17, 15) is 0 Å². The van der Waals surface area contributed by atoms with Gasteiger partial charge in [-0.05, 0) is 11.6 Å². The summed E-state index contributed by atoms with van der Waals surface area (Å²) in [7, 11) is 0. The molecule has 0 amide bonds. The first-order chi connectivity index (χ1) is 4.43. The molecule has 0 radical (unpaired) electrons. The summed E-state index contributed by atoms with van der Waals surface area (Å²) in [5.41, 5.74) is 1.09. The van der Waals surface area contributed by atoms with Crippen LogP contribution in [0.2, 0.25) is 0 Å². The monoisotopic (exact) mass is 121 g/mol. The fraction of sp³-hybridized carbons (Fsp3) is 0.167. The first-order valence-corrected chi connectivity index (χ1v) is 2.67. The van der Waals surface area contributed by atoms with Crippen molar-refractivity contribution in [1.82, 2.24) is 10.3 Å². The molecule has 1 rings (SSSR count). The lowest BCUT2D eigenvalue weighted by atomic mass is 10.3. The lowest BCUT2D eigenvalue weighted by Gasteiger charge is -1.88. The van der Waals surface area contributed by atoms with Gasteiger partial charge in [0.1, 0.15) is 0 Å². The van der Waals surface area contributed by atoms with Gasteiger partial charge in [0.2, 0.25) is 0 Å². The zero-order chi connectivity index (χ0) is 6.53. The minimum Gasteiger partial charge on any atom is -0.367 e. The Labute approximate surface area is 53.3 Å². The second kappa shape index (κ2) is 2.78. The molecule has 1 aromatic rings. The van der Waals surface area contributed by atoms with Gasteiger partial charge in [-0.2, -0.15) is 5.26 Å². The van der Waals surface area contributed by atoms with E-state index in [1.165, 1.54) is 0 Å². The molecule has 0 atom stereocenters. The molecule has 0 bridgehead atoms. The van der Waals surface area contributed by atoms with Crippen LogP contribution in [-0.4, -0.2) is 4.98 Å². The zero-order valence-corrected chi connectivity index (χ0v) is 4.89. The van der Waals surface area contributed by atoms with Gasteiger partial charge in [0.25, 0.3) is 0 Å². The van der Waals surface area contributed by atoms with Crippen molar-refractivity contribution in [2.24, 2.45) is 0 Å². The summed E-state index contributed by atoms with van der Waals surface area (Å²) in [6.45, 7) is 0.611. The van der Waals surface area contributed by atoms with Crippen LogP contribution in [0.1, 0.15) is 5.56 Å². The SMILES string of the molecule is N#CNCc1cc[nH]c1. The number of aromatic nitrogens is 1. The van der Waals surface area contributed by atoms with Crippen LogP contribution in [0.3, 0.4) is 0 Å². The fourth-order valence-corrected chi connectivity index (χ4v) is 0.610. The molecule has 0 aliphatic heterocycles. The van der Waals surface area contributed by atoms with Gasteiger partial charge in [-0.1, -0.05) is 0 Å². The summed E-state index contributed by atoms with van der Waals surface area (Å²) in [6.07, 6.45) is 5.52. The summed E-state index contributed by atoms with van der Waals surface area (Å²) in [6, 6.07) is 1.92. The summed E-state index contributed by atoms with van der Waals surface area (Å²) in [4.78, 5) is 2.89. The predicted octanol–water partition coefficient (Wildman–Crippen LogP) is 0.585. The Balaban J connectivity index is 2.41. The van der Waals surface area contributed by atoms with Gasteiger partial charge >= 0.3 is 0 Å². The molecule has 0 aliphatic carbocycles. The number of nitriles is 1. The molecule has 0 fully saturated rings. The quantitative estimate of drug-likeness (QED) is 0.444. The van der Waals surface area contributed by atoms with Crippen molar-refractivity contribution in [2.75, 3.05) is 0 Å². The Morgan fingerprint density at radius 2 is 2.67 bits per heavy atom. The van der Waals surface area contributed by atoms with E-state index in [4.69, 9.17) is 5.26 Å². The van der Waals surface area contributed by atoms with Crippen LogP contribution in [0.4, 0.5) is 0 Å². The lowest BCUT2D eigenvalue weighted by molar-refractivity contribution is 0.886. The van der Waals surface area contributed by atoms with Crippen molar-refractivity contribution in [3.8, 4) is 6.19 Å². The van der Waals surface area contributed by atoms with E-state index in [1.54, 1.807) is 0 Å². The third-order valence-electron chi connectivity index (χ3n) is 1.03. The molecule has 9 heavy (non-hydrogen) atoms. The van der Waals surface area contributed by atoms with Crippen LogP contribution in [0.25, 0.3) is 0 Å². The van der Waals surface area contributed by atoms with Gasteiger partial charge in [0.15, 0.2) is 6.19 Å². The van der Waals surface area contributed by atoms with Crippen molar-refractivity contribution >= 4 is 0 Å². The maximum absolute atomic E-state index is 8.09. The van der Waals surface area contributed by atoms with Crippen molar-refractivity contribution in [1.29, 1.82) is 5.26 Å². The van der Waals surface area contributed by atoms with Crippen LogP contribution in [0.15, 0.2) is 18.5 Å². The van der Waals surface area contributed by atoms with Crippen LogP contribution in [-0.2, 0) is 6.54 Å². The highest BCUT2D eigenvalue weighted by molar-refractivity contribution is 5.08. The minimum absolute atomic E-state index is 0.611. The zero-order valence-electron chi connectivity index (χ0n) is 4.89. The van der Waals surface area contributed by atoms with Crippen LogP contribution >= 0.6 is 0 Å². The molecule has 2 N–H and O–H groups in total. The highest BCUT2D eigenvalue weighted by atomic mass is 14.8. The normalized spacial score (nSPS) is 8.33. The van der Waals surface area contributed by atoms with E-state index in [1.807, 2.05) is 24.7 Å². The number of nitrogens with zero attached hydrogens (tertiary/aromatic N) is 1. The van der Waals surface area contributed by atoms with Crippen molar-refractivity contribution < 1.29 is 0 Å². The molecular formula is C6H7N3. The van der Waals surface area contributed by atoms with E-state index in [0.29, 0.717) is 6.54 Å². The lowest BCUT2D eigenvalue weighted by Crippen LogP contribution is -2.02. The van der Waals surface area contributed by atoms with E-state index in [-0.39, 0.29) is 0 Å². The molecule has 0 saturated carbocycles. The smallest absolute Gasteiger partial charge is 0.176 e. The summed E-state index contributed by atoms with van der Waals surface area (Å²) in [5, 5.41) is 10.6. The molecule has 0 saturated heterocycles. The second-order valence-electron chi connectivity index (χ2n) is 1.68. The molecule has 0 spiro atoms. The Kier molecular flexibility index (Phi) is 1.76. The van der Waals surface area contributed by atoms with Gasteiger partial charge in [0, 0.05) is 12.4 Å². The van der Waals surface area contributed by atoms with Gasteiger partial charge < -0.3 is 10.3 Å². The standard InChI is InChI=1S/C6H7N3/c7-5-9-4-6-1-2-8-3-6/h1-3,8-9H,4H2. The van der Waals surface area contributed by atoms with Crippen LogP contribution < -0.4 is 5.32 Å². The summed E-state index contributed by atoms with van der Waals surface area (Å²) < 4.78 is 0. The highest BCUT2D eigenvalue weighted by Gasteiger charge is 1.86. The topological polar surface area (TPSA) is 51.6 Å².